The minimum Gasteiger partial charge on any atom is -0.300 e. The Kier molecular flexibility index (Phi) is 16.5. The van der Waals surface area contributed by atoms with Crippen LogP contribution >= 0.6 is 0 Å². The molecule has 0 aromatic rings. The second kappa shape index (κ2) is 18.3. The fraction of sp³-hybridized carbons (Fsp3) is 0.893. The van der Waals surface area contributed by atoms with E-state index in [4.69, 9.17) is 0 Å². The third-order valence-electron chi connectivity index (χ3n) is 7.10. The van der Waals surface area contributed by atoms with Gasteiger partial charge in [0, 0.05) is 25.8 Å². The number of unbranched alkanes of at least 4 members (excludes halogenated alkanes) is 10. The van der Waals surface area contributed by atoms with Crippen molar-refractivity contribution in [3.8, 4) is 0 Å². The summed E-state index contributed by atoms with van der Waals surface area (Å²) in [5, 5.41) is 0. The van der Waals surface area contributed by atoms with E-state index in [0.29, 0.717) is 37.5 Å². The molecule has 2 unspecified atom stereocenters. The Hall–Kier alpha value is -1.19. The number of likely N-dealkylation sites (tertiary alicyclic amines) is 1. The maximum atomic E-state index is 13.1. The van der Waals surface area contributed by atoms with Crippen LogP contribution in [0.4, 0.5) is 0 Å². The molecule has 0 saturated carbocycles. The SMILES string of the molecule is CCCCCCC(=O)CCCCCN1C(=O)CC(C(CCCCC)CCCCCC)C1=O. The Morgan fingerprint density at radius 1 is 0.750 bits per heavy atom. The Labute approximate surface area is 198 Å². The van der Waals surface area contributed by atoms with E-state index in [1.165, 1.54) is 62.7 Å². The summed E-state index contributed by atoms with van der Waals surface area (Å²) in [7, 11) is 0. The smallest absolute Gasteiger partial charge is 0.233 e. The van der Waals surface area contributed by atoms with Crippen LogP contribution in [0.5, 0.6) is 0 Å². The summed E-state index contributed by atoms with van der Waals surface area (Å²) in [6, 6.07) is 0. The van der Waals surface area contributed by atoms with Gasteiger partial charge in [0.15, 0.2) is 0 Å². The van der Waals surface area contributed by atoms with Crippen LogP contribution in [0.3, 0.4) is 0 Å². The zero-order chi connectivity index (χ0) is 23.6. The molecular formula is C28H51NO3. The second-order valence-electron chi connectivity index (χ2n) is 9.96. The van der Waals surface area contributed by atoms with E-state index in [0.717, 1.165) is 44.9 Å². The molecule has 0 N–H and O–H groups in total. The lowest BCUT2D eigenvalue weighted by Gasteiger charge is -2.22. The second-order valence-corrected chi connectivity index (χ2v) is 9.96. The van der Waals surface area contributed by atoms with Crippen LogP contribution in [-0.2, 0) is 14.4 Å². The summed E-state index contributed by atoms with van der Waals surface area (Å²) in [5.74, 6) is 0.753. The summed E-state index contributed by atoms with van der Waals surface area (Å²) >= 11 is 0. The van der Waals surface area contributed by atoms with Crippen molar-refractivity contribution in [2.24, 2.45) is 11.8 Å². The minimum absolute atomic E-state index is 0.0288. The molecule has 0 aromatic heterocycles. The van der Waals surface area contributed by atoms with E-state index in [1.807, 2.05) is 0 Å². The Bertz CT molecular complexity index is 531. The van der Waals surface area contributed by atoms with Gasteiger partial charge in [-0.2, -0.15) is 0 Å². The summed E-state index contributed by atoms with van der Waals surface area (Å²) < 4.78 is 0. The number of ketones is 1. The first-order chi connectivity index (χ1) is 15.5. The van der Waals surface area contributed by atoms with Gasteiger partial charge in [0.05, 0.1) is 5.92 Å². The summed E-state index contributed by atoms with van der Waals surface area (Å²) in [4.78, 5) is 39.2. The van der Waals surface area contributed by atoms with E-state index in [1.54, 1.807) is 0 Å². The molecule has 32 heavy (non-hydrogen) atoms. The molecule has 4 heteroatoms. The van der Waals surface area contributed by atoms with Crippen molar-refractivity contribution in [3.05, 3.63) is 0 Å². The van der Waals surface area contributed by atoms with Gasteiger partial charge in [-0.3, -0.25) is 19.3 Å². The number of hydrogen-bond donors (Lipinski definition) is 0. The van der Waals surface area contributed by atoms with Gasteiger partial charge in [0.2, 0.25) is 11.8 Å². The van der Waals surface area contributed by atoms with Crippen LogP contribution in [-0.4, -0.2) is 29.0 Å². The minimum atomic E-state index is -0.0920. The van der Waals surface area contributed by atoms with Gasteiger partial charge in [-0.15, -0.1) is 0 Å². The van der Waals surface area contributed by atoms with Crippen LogP contribution in [0, 0.1) is 11.8 Å². The molecular weight excluding hydrogens is 398 g/mol. The molecule has 1 fully saturated rings. The molecule has 2 atom stereocenters. The van der Waals surface area contributed by atoms with Crippen LogP contribution in [0.25, 0.3) is 0 Å². The third-order valence-corrected chi connectivity index (χ3v) is 7.10. The Morgan fingerprint density at radius 3 is 1.84 bits per heavy atom. The highest BCUT2D eigenvalue weighted by Gasteiger charge is 2.41. The number of nitrogens with zero attached hydrogens (tertiary/aromatic N) is 1. The largest absolute Gasteiger partial charge is 0.300 e. The van der Waals surface area contributed by atoms with Crippen molar-refractivity contribution in [1.29, 1.82) is 0 Å². The fourth-order valence-corrected chi connectivity index (χ4v) is 4.99. The van der Waals surface area contributed by atoms with Gasteiger partial charge in [0.25, 0.3) is 0 Å². The molecule has 0 radical (unpaired) electrons. The Balaban J connectivity index is 2.38. The van der Waals surface area contributed by atoms with Crippen molar-refractivity contribution < 1.29 is 14.4 Å². The van der Waals surface area contributed by atoms with Crippen molar-refractivity contribution in [2.75, 3.05) is 6.54 Å². The number of carbonyl (C=O) groups excluding carboxylic acids is 3. The number of carbonyl (C=O) groups is 3. The number of imide groups is 1. The molecule has 1 saturated heterocycles. The highest BCUT2D eigenvalue weighted by Crippen LogP contribution is 2.34. The summed E-state index contributed by atoms with van der Waals surface area (Å²) in [6.07, 6.45) is 19.6. The van der Waals surface area contributed by atoms with Gasteiger partial charge < -0.3 is 0 Å². The molecule has 0 aliphatic carbocycles. The van der Waals surface area contributed by atoms with Gasteiger partial charge in [-0.1, -0.05) is 91.4 Å². The maximum absolute atomic E-state index is 13.1. The van der Waals surface area contributed by atoms with Gasteiger partial charge in [-0.05, 0) is 38.0 Å². The van der Waals surface area contributed by atoms with E-state index < -0.39 is 0 Å². The number of amides is 2. The van der Waals surface area contributed by atoms with E-state index in [-0.39, 0.29) is 17.7 Å². The van der Waals surface area contributed by atoms with E-state index in [9.17, 15) is 14.4 Å². The van der Waals surface area contributed by atoms with Gasteiger partial charge in [-0.25, -0.2) is 0 Å². The first kappa shape index (κ1) is 28.8. The lowest BCUT2D eigenvalue weighted by Crippen LogP contribution is -2.33. The number of rotatable bonds is 21. The Morgan fingerprint density at radius 2 is 1.25 bits per heavy atom. The monoisotopic (exact) mass is 449 g/mol. The van der Waals surface area contributed by atoms with Crippen LogP contribution in [0.15, 0.2) is 0 Å². The molecule has 4 nitrogen and oxygen atoms in total. The first-order valence-electron chi connectivity index (χ1n) is 13.9. The highest BCUT2D eigenvalue weighted by molar-refractivity contribution is 6.03. The molecule has 2 amide bonds. The van der Waals surface area contributed by atoms with Crippen molar-refractivity contribution in [1.82, 2.24) is 4.90 Å². The van der Waals surface area contributed by atoms with Crippen molar-refractivity contribution in [2.45, 2.75) is 143 Å². The average molecular weight is 450 g/mol. The molecule has 0 spiro atoms. The predicted molar refractivity (Wildman–Crippen MR) is 133 cm³/mol. The lowest BCUT2D eigenvalue weighted by atomic mass is 9.82. The van der Waals surface area contributed by atoms with Crippen LogP contribution < -0.4 is 0 Å². The zero-order valence-corrected chi connectivity index (χ0v) is 21.5. The molecule has 1 heterocycles. The molecule has 186 valence electrons. The molecule has 1 rings (SSSR count). The quantitative estimate of drug-likeness (QED) is 0.134. The zero-order valence-electron chi connectivity index (χ0n) is 21.5. The van der Waals surface area contributed by atoms with Crippen LogP contribution in [0.2, 0.25) is 0 Å². The van der Waals surface area contributed by atoms with Crippen molar-refractivity contribution in [3.63, 3.8) is 0 Å². The molecule has 0 bridgehead atoms. The number of hydrogen-bond acceptors (Lipinski definition) is 3. The summed E-state index contributed by atoms with van der Waals surface area (Å²) in [6.45, 7) is 7.15. The highest BCUT2D eigenvalue weighted by atomic mass is 16.2. The van der Waals surface area contributed by atoms with E-state index in [2.05, 4.69) is 20.8 Å². The van der Waals surface area contributed by atoms with Crippen LogP contribution in [0.1, 0.15) is 143 Å². The van der Waals surface area contributed by atoms with E-state index >= 15 is 0 Å². The maximum Gasteiger partial charge on any atom is 0.233 e. The average Bonchev–Trinajstić information content (AvgIpc) is 3.06. The predicted octanol–water partition coefficient (Wildman–Crippen LogP) is 7.63. The first-order valence-corrected chi connectivity index (χ1v) is 13.9. The molecule has 1 aliphatic heterocycles. The molecule has 0 aromatic carbocycles. The fourth-order valence-electron chi connectivity index (χ4n) is 4.99. The van der Waals surface area contributed by atoms with Gasteiger partial charge >= 0.3 is 0 Å². The topological polar surface area (TPSA) is 54.5 Å². The third kappa shape index (κ3) is 11.6. The molecule has 1 aliphatic rings. The summed E-state index contributed by atoms with van der Waals surface area (Å²) in [5.41, 5.74) is 0. The normalized spacial score (nSPS) is 17.3. The van der Waals surface area contributed by atoms with Crippen molar-refractivity contribution >= 4 is 17.6 Å². The lowest BCUT2D eigenvalue weighted by molar-refractivity contribution is -0.140. The standard InChI is InChI=1S/C28H51NO3/c1-4-7-10-14-19-24(18-13-9-6-3)26-23-27(31)29(28(26)32)22-17-12-16-21-25(30)20-15-11-8-5-2/h24,26H,4-23H2,1-3H3. The number of Topliss-reactive ketones (excluding diaryl/α,β-unsaturated/α-hetero) is 1. The van der Waals surface area contributed by atoms with Gasteiger partial charge in [0.1, 0.15) is 5.78 Å².